The molecule has 0 unspecified atom stereocenters. The number of sulfone groups is 1. The van der Waals surface area contributed by atoms with Crippen LogP contribution in [0.25, 0.3) is 78.6 Å². The molecule has 0 fully saturated rings. The van der Waals surface area contributed by atoms with Gasteiger partial charge in [-0.15, -0.1) is 0 Å². The molecule has 2 aliphatic rings. The number of fused-ring (bicyclic) bond motifs is 10. The largest absolute Gasteiger partial charge is 0.337 e. The minimum absolute atomic E-state index is 0.124. The third-order valence-corrected chi connectivity index (χ3v) is 20.2. The molecule has 0 saturated carbocycles. The number of rotatable bonds is 9. The zero-order valence-corrected chi connectivity index (χ0v) is 51.0. The van der Waals surface area contributed by atoms with Crippen LogP contribution in [0.3, 0.4) is 0 Å². The van der Waals surface area contributed by atoms with Gasteiger partial charge in [0.25, 0.3) is 0 Å². The fourth-order valence-corrected chi connectivity index (χ4v) is 15.2. The Bertz CT molecular complexity index is 5220. The number of anilines is 5. The Morgan fingerprint density at radius 1 is 0.451 bits per heavy atom. The van der Waals surface area contributed by atoms with Gasteiger partial charge in [-0.3, -0.25) is 0 Å². The van der Waals surface area contributed by atoms with Crippen LogP contribution in [-0.2, 0) is 21.8 Å². The monoisotopic (exact) mass is 1190 g/mol. The zero-order valence-electron chi connectivity index (χ0n) is 50.1. The maximum atomic E-state index is 14.3. The van der Waals surface area contributed by atoms with Crippen LogP contribution in [0.15, 0.2) is 289 Å². The Kier molecular flexibility index (Phi) is 13.1. The number of hydrogen-bond donors (Lipinski definition) is 0. The molecule has 0 radical (unpaired) electrons. The molecule has 2 aliphatic heterocycles. The zero-order chi connectivity index (χ0) is 61.5. The summed E-state index contributed by atoms with van der Waals surface area (Å²) in [5.41, 5.74) is 20.1. The third-order valence-electron chi connectivity index (χ3n) is 18.4. The van der Waals surface area contributed by atoms with E-state index in [2.05, 4.69) is 216 Å². The maximum absolute atomic E-state index is 14.3. The molecular weight excluding hydrogens is 1140 g/mol. The van der Waals surface area contributed by atoms with Crippen LogP contribution >= 0.6 is 0 Å². The van der Waals surface area contributed by atoms with E-state index in [-0.39, 0.29) is 21.1 Å². The lowest BCUT2D eigenvalue weighted by Gasteiger charge is -2.42. The van der Waals surface area contributed by atoms with Crippen LogP contribution in [0.1, 0.15) is 60.2 Å². The lowest BCUT2D eigenvalue weighted by Crippen LogP contribution is -2.30. The predicted molar refractivity (Wildman–Crippen MR) is 365 cm³/mol. The highest BCUT2D eigenvalue weighted by atomic mass is 32.2. The first-order chi connectivity index (χ1) is 44.5. The summed E-state index contributed by atoms with van der Waals surface area (Å²) in [7, 11) is -3.93. The number of nitriles is 1. The Morgan fingerprint density at radius 2 is 0.890 bits per heavy atom. The second kappa shape index (κ2) is 21.7. The van der Waals surface area contributed by atoms with Gasteiger partial charge >= 0.3 is 0 Å². The van der Waals surface area contributed by atoms with Gasteiger partial charge in [0.05, 0.1) is 56.1 Å². The van der Waals surface area contributed by atoms with Crippen LogP contribution in [0.5, 0.6) is 0 Å². The van der Waals surface area contributed by atoms with Gasteiger partial charge in [0.2, 0.25) is 9.84 Å². The molecule has 11 aromatic carbocycles. The molecule has 10 nitrogen and oxygen atoms in total. The second-order valence-electron chi connectivity index (χ2n) is 23.9. The van der Waals surface area contributed by atoms with Gasteiger partial charge in [-0.05, 0) is 144 Å². The number of benzene rings is 11. The SMILES string of the molecule is C[C@@H]1c2ccccc2N(c2ccc(-c3nc(-c4ccccc4)nc(-c4ccccc4)n3)cc2)Cc2c(n(-c3ccc(N4c5ccccc5C(C)(C)c5ccccc54)cc3)c3ccccc23)-c2c1n(-c1ccc(S(=O)(=O)c3ccc(C#N)cc3)cc1)c1ccccc21. The van der Waals surface area contributed by atoms with Gasteiger partial charge in [0, 0.05) is 84.1 Å². The summed E-state index contributed by atoms with van der Waals surface area (Å²) < 4.78 is 33.4. The fourth-order valence-electron chi connectivity index (χ4n) is 14.0. The van der Waals surface area contributed by atoms with Crippen LogP contribution in [0, 0.1) is 11.3 Å². The molecular formula is C80H58N8O2S. The van der Waals surface area contributed by atoms with Crippen molar-refractivity contribution in [3.63, 3.8) is 0 Å². The Labute approximate surface area is 528 Å². The molecule has 0 aliphatic carbocycles. The third kappa shape index (κ3) is 9.05. The average molecular weight is 1200 g/mol. The smallest absolute Gasteiger partial charge is 0.206 e. The van der Waals surface area contributed by atoms with E-state index in [0.717, 1.165) is 106 Å². The van der Waals surface area contributed by atoms with E-state index >= 15 is 0 Å². The van der Waals surface area contributed by atoms with Crippen molar-refractivity contribution in [2.24, 2.45) is 0 Å². The Balaban J connectivity index is 0.910. The van der Waals surface area contributed by atoms with Gasteiger partial charge in [0.15, 0.2) is 17.5 Å². The van der Waals surface area contributed by atoms with Crippen molar-refractivity contribution in [3.8, 4) is 62.9 Å². The first-order valence-electron chi connectivity index (χ1n) is 30.6. The highest BCUT2D eigenvalue weighted by molar-refractivity contribution is 7.91. The maximum Gasteiger partial charge on any atom is 0.206 e. The highest BCUT2D eigenvalue weighted by Gasteiger charge is 2.38. The lowest BCUT2D eigenvalue weighted by molar-refractivity contribution is 0.596. The topological polar surface area (TPSA) is 113 Å². The van der Waals surface area contributed by atoms with Crippen LogP contribution in [0.4, 0.5) is 28.4 Å². The molecule has 0 amide bonds. The van der Waals surface area contributed by atoms with E-state index in [1.54, 1.807) is 24.3 Å². The van der Waals surface area contributed by atoms with Crippen molar-refractivity contribution >= 4 is 60.1 Å². The minimum Gasteiger partial charge on any atom is -0.337 e. The first kappa shape index (κ1) is 54.9. The molecule has 11 heteroatoms. The summed E-state index contributed by atoms with van der Waals surface area (Å²) in [5, 5.41) is 11.7. The fraction of sp³-hybridized carbons (Fsp3) is 0.0750. The molecule has 16 rings (SSSR count). The van der Waals surface area contributed by atoms with Gasteiger partial charge in [-0.2, -0.15) is 5.26 Å². The Hall–Kier alpha value is -11.5. The summed E-state index contributed by atoms with van der Waals surface area (Å²) in [4.78, 5) is 20.4. The first-order valence-corrected chi connectivity index (χ1v) is 32.1. The van der Waals surface area contributed by atoms with Crippen molar-refractivity contribution in [1.82, 2.24) is 24.1 Å². The van der Waals surface area contributed by atoms with Gasteiger partial charge < -0.3 is 18.9 Å². The second-order valence-corrected chi connectivity index (χ2v) is 25.8. The van der Waals surface area contributed by atoms with Crippen LogP contribution in [-0.4, -0.2) is 32.5 Å². The normalized spacial score (nSPS) is 14.1. The minimum atomic E-state index is -3.93. The lowest BCUT2D eigenvalue weighted by atomic mass is 9.73. The molecule has 5 heterocycles. The number of nitrogens with zero attached hydrogens (tertiary/aromatic N) is 8. The van der Waals surface area contributed by atoms with E-state index in [4.69, 9.17) is 15.0 Å². The van der Waals surface area contributed by atoms with E-state index in [1.165, 1.54) is 23.3 Å². The number of aromatic nitrogens is 5. The number of para-hydroxylation sites is 5. The molecule has 1 atom stereocenters. The van der Waals surface area contributed by atoms with Crippen molar-refractivity contribution in [3.05, 3.63) is 313 Å². The molecule has 0 N–H and O–H groups in total. The summed E-state index contributed by atoms with van der Waals surface area (Å²) in [6, 6.07) is 96.9. The van der Waals surface area contributed by atoms with Gasteiger partial charge in [-0.1, -0.05) is 172 Å². The van der Waals surface area contributed by atoms with E-state index in [0.29, 0.717) is 29.6 Å². The summed E-state index contributed by atoms with van der Waals surface area (Å²) >= 11 is 0. The molecule has 0 spiro atoms. The van der Waals surface area contributed by atoms with Crippen molar-refractivity contribution < 1.29 is 8.42 Å². The van der Waals surface area contributed by atoms with Crippen LogP contribution in [0.2, 0.25) is 0 Å². The quantitative estimate of drug-likeness (QED) is 0.140. The standard InChI is InChI=1S/C80H58N8O2S/c1-52-63-24-10-15-29-69(63)85(57-38-36-56(37-39-57)79-83-77(54-20-6-4-7-21-54)82-78(84-79)55-22-8-5-9-23-55)51-66-64-25-11-16-30-70(64)88(59-42-40-58(41-43-59)86-72-32-18-13-27-67(72)80(2,3)68-28-14-19-33-73(68)86)76(66)74-65-26-12-17-31-71(65)87(75(52)74)60-44-48-62(49-45-60)91(89,90)61-46-34-53(50-81)35-47-61/h4-49,52H,51H2,1-3H3/t52-/m1/s1. The molecule has 91 heavy (non-hydrogen) atoms. The van der Waals surface area contributed by atoms with Crippen molar-refractivity contribution in [2.45, 2.75) is 48.4 Å². The molecule has 436 valence electrons. The van der Waals surface area contributed by atoms with Crippen molar-refractivity contribution in [2.75, 3.05) is 9.80 Å². The van der Waals surface area contributed by atoms with Crippen molar-refractivity contribution in [1.29, 1.82) is 5.26 Å². The van der Waals surface area contributed by atoms with E-state index < -0.39 is 9.84 Å². The summed E-state index contributed by atoms with van der Waals surface area (Å²) in [5.74, 6) is 1.53. The average Bonchev–Trinajstić information content (AvgIpc) is 1.59. The van der Waals surface area contributed by atoms with Gasteiger partial charge in [-0.25, -0.2) is 23.4 Å². The molecule has 0 bridgehead atoms. The highest BCUT2D eigenvalue weighted by Crippen LogP contribution is 2.54. The number of hydrogen-bond acceptors (Lipinski definition) is 8. The predicted octanol–water partition coefficient (Wildman–Crippen LogP) is 19.0. The summed E-state index contributed by atoms with van der Waals surface area (Å²) in [6.07, 6.45) is 0. The van der Waals surface area contributed by atoms with E-state index in [1.807, 2.05) is 72.8 Å². The summed E-state index contributed by atoms with van der Waals surface area (Å²) in [6.45, 7) is 7.43. The molecule has 3 aromatic heterocycles. The van der Waals surface area contributed by atoms with E-state index in [9.17, 15) is 13.7 Å². The Morgan fingerprint density at radius 3 is 1.47 bits per heavy atom. The van der Waals surface area contributed by atoms with Gasteiger partial charge in [0.1, 0.15) is 0 Å². The molecule has 14 aromatic rings. The molecule has 0 saturated heterocycles. The van der Waals surface area contributed by atoms with Crippen LogP contribution < -0.4 is 9.80 Å².